The number of fused-ring (bicyclic) bond motifs is 10. The smallest absolute Gasteiger partial charge is 0.0462 e. The summed E-state index contributed by atoms with van der Waals surface area (Å²) in [5.41, 5.74) is 22.6. The van der Waals surface area contributed by atoms with Crippen molar-refractivity contribution in [2.45, 2.75) is 37.5 Å². The summed E-state index contributed by atoms with van der Waals surface area (Å²) >= 11 is 0. The molecule has 0 N–H and O–H groups in total. The number of benzene rings is 8. The minimum atomic E-state index is -0.137. The van der Waals surface area contributed by atoms with Crippen molar-refractivity contribution >= 4 is 22.6 Å². The molecule has 8 aromatic carbocycles. The van der Waals surface area contributed by atoms with Crippen molar-refractivity contribution in [3.05, 3.63) is 251 Å². The third-order valence-electron chi connectivity index (χ3n) is 14.3. The van der Waals surface area contributed by atoms with E-state index in [2.05, 4.69) is 231 Å². The Morgan fingerprint density at radius 2 is 0.950 bits per heavy atom. The van der Waals surface area contributed by atoms with Crippen molar-refractivity contribution in [2.75, 3.05) is 4.90 Å². The van der Waals surface area contributed by atoms with Crippen LogP contribution in [0.2, 0.25) is 0 Å². The zero-order valence-electron chi connectivity index (χ0n) is 34.0. The minimum Gasteiger partial charge on any atom is -0.311 e. The highest BCUT2D eigenvalue weighted by Crippen LogP contribution is 2.70. The molecule has 286 valence electrons. The number of hydrogen-bond donors (Lipinski definition) is 0. The summed E-state index contributed by atoms with van der Waals surface area (Å²) in [6.45, 7) is 4.89. The Morgan fingerprint density at radius 1 is 0.433 bits per heavy atom. The van der Waals surface area contributed by atoms with Crippen LogP contribution in [0.3, 0.4) is 0 Å². The number of anilines is 3. The lowest BCUT2D eigenvalue weighted by atomic mass is 9.60. The standard InChI is InChI=1S/C59H45N/c1-58(2)53-35-36-59-38-43-17-9-10-20-47(43)48-21-11-12-22-49(48)56(59)50-23-13-14-24-51(50)57(59)55(53)52-34-29-42(37-54(52)58)41-27-32-46(33-28-41)60(44-18-7-4-8-19-44)45-30-25-40(26-31-45)39-15-5-3-6-16-39/h3-37,56-57H,38H2,1-2H3. The molecule has 0 radical (unpaired) electrons. The summed E-state index contributed by atoms with van der Waals surface area (Å²) in [5, 5.41) is 0. The Bertz CT molecular complexity index is 3020. The molecule has 0 amide bonds. The molecule has 3 atom stereocenters. The zero-order chi connectivity index (χ0) is 40.0. The number of rotatable bonds is 5. The molecule has 1 spiro atoms. The van der Waals surface area contributed by atoms with E-state index < -0.39 is 0 Å². The van der Waals surface area contributed by atoms with Gasteiger partial charge in [0.15, 0.2) is 0 Å². The summed E-state index contributed by atoms with van der Waals surface area (Å²) < 4.78 is 0. The summed E-state index contributed by atoms with van der Waals surface area (Å²) in [7, 11) is 0. The van der Waals surface area contributed by atoms with Gasteiger partial charge >= 0.3 is 0 Å². The van der Waals surface area contributed by atoms with E-state index in [1.165, 1.54) is 77.9 Å². The molecule has 0 saturated carbocycles. The number of hydrogen-bond acceptors (Lipinski definition) is 1. The second-order valence-corrected chi connectivity index (χ2v) is 17.7. The van der Waals surface area contributed by atoms with Crippen molar-refractivity contribution in [1.29, 1.82) is 0 Å². The molecule has 60 heavy (non-hydrogen) atoms. The van der Waals surface area contributed by atoms with E-state index in [9.17, 15) is 0 Å². The third-order valence-corrected chi connectivity index (χ3v) is 14.3. The van der Waals surface area contributed by atoms with Gasteiger partial charge in [0.2, 0.25) is 0 Å². The van der Waals surface area contributed by atoms with Crippen LogP contribution < -0.4 is 4.90 Å². The molecule has 8 aromatic rings. The van der Waals surface area contributed by atoms with E-state index in [0.717, 1.165) is 23.5 Å². The van der Waals surface area contributed by atoms with Crippen LogP contribution in [0.4, 0.5) is 17.1 Å². The van der Waals surface area contributed by atoms with Crippen LogP contribution in [0.25, 0.3) is 39.0 Å². The van der Waals surface area contributed by atoms with Crippen molar-refractivity contribution in [1.82, 2.24) is 0 Å². The fourth-order valence-corrected chi connectivity index (χ4v) is 11.6. The van der Waals surface area contributed by atoms with Crippen molar-refractivity contribution < 1.29 is 0 Å². The molecule has 3 unspecified atom stereocenters. The second-order valence-electron chi connectivity index (χ2n) is 17.7. The van der Waals surface area contributed by atoms with Crippen LogP contribution >= 0.6 is 0 Å². The average molecular weight is 768 g/mol. The molecule has 12 rings (SSSR count). The second kappa shape index (κ2) is 13.3. The predicted molar refractivity (Wildman–Crippen MR) is 250 cm³/mol. The number of para-hydroxylation sites is 1. The van der Waals surface area contributed by atoms with Gasteiger partial charge in [-0.15, -0.1) is 0 Å². The molecule has 4 aliphatic rings. The fourth-order valence-electron chi connectivity index (χ4n) is 11.6. The van der Waals surface area contributed by atoms with E-state index in [1.807, 2.05) is 0 Å². The van der Waals surface area contributed by atoms with Gasteiger partial charge in [-0.2, -0.15) is 0 Å². The van der Waals surface area contributed by atoms with E-state index in [4.69, 9.17) is 0 Å². The molecule has 1 nitrogen and oxygen atoms in total. The van der Waals surface area contributed by atoms with Gasteiger partial charge in [-0.05, 0) is 127 Å². The van der Waals surface area contributed by atoms with Crippen molar-refractivity contribution in [3.8, 4) is 33.4 Å². The number of allylic oxidation sites excluding steroid dienone is 4. The predicted octanol–water partition coefficient (Wildman–Crippen LogP) is 15.2. The molecule has 0 saturated heterocycles. The molecule has 0 aromatic heterocycles. The highest BCUT2D eigenvalue weighted by atomic mass is 15.1. The van der Waals surface area contributed by atoms with E-state index >= 15 is 0 Å². The summed E-state index contributed by atoms with van der Waals surface area (Å²) in [5.74, 6) is 0.532. The Hall–Kier alpha value is -6.96. The van der Waals surface area contributed by atoms with Crippen LogP contribution in [0.15, 0.2) is 218 Å². The normalized spacial score (nSPS) is 19.8. The lowest BCUT2D eigenvalue weighted by molar-refractivity contribution is 0.331. The van der Waals surface area contributed by atoms with Gasteiger partial charge in [-0.3, -0.25) is 0 Å². The topological polar surface area (TPSA) is 3.24 Å². The lowest BCUT2D eigenvalue weighted by Gasteiger charge is -2.42. The summed E-state index contributed by atoms with van der Waals surface area (Å²) in [6.07, 6.45) is 6.20. The highest BCUT2D eigenvalue weighted by Gasteiger charge is 2.58. The Morgan fingerprint density at radius 3 is 1.65 bits per heavy atom. The van der Waals surface area contributed by atoms with Gasteiger partial charge in [-0.1, -0.05) is 184 Å². The minimum absolute atomic E-state index is 0.107. The third kappa shape index (κ3) is 5.12. The number of nitrogens with zero attached hydrogens (tertiary/aromatic N) is 1. The first-order valence-electron chi connectivity index (χ1n) is 21.5. The van der Waals surface area contributed by atoms with Crippen molar-refractivity contribution in [3.63, 3.8) is 0 Å². The molecule has 0 fully saturated rings. The van der Waals surface area contributed by atoms with Gasteiger partial charge in [0, 0.05) is 39.7 Å². The zero-order valence-corrected chi connectivity index (χ0v) is 34.0. The fraction of sp³-hybridized carbons (Fsp3) is 0.119. The quantitative estimate of drug-likeness (QED) is 0.169. The van der Waals surface area contributed by atoms with E-state index in [0.29, 0.717) is 0 Å². The maximum absolute atomic E-state index is 2.65. The monoisotopic (exact) mass is 767 g/mol. The molecule has 1 heteroatoms. The molecular weight excluding hydrogens is 723 g/mol. The largest absolute Gasteiger partial charge is 0.311 e. The summed E-state index contributed by atoms with van der Waals surface area (Å²) in [4.78, 5) is 2.35. The Labute approximate surface area is 353 Å². The van der Waals surface area contributed by atoms with Gasteiger partial charge in [-0.25, -0.2) is 0 Å². The van der Waals surface area contributed by atoms with Gasteiger partial charge < -0.3 is 4.90 Å². The first-order chi connectivity index (χ1) is 29.5. The molecule has 0 aliphatic heterocycles. The lowest BCUT2D eigenvalue weighted by Crippen LogP contribution is -2.33. The highest BCUT2D eigenvalue weighted by molar-refractivity contribution is 5.92. The first-order valence-corrected chi connectivity index (χ1v) is 21.5. The van der Waals surface area contributed by atoms with Crippen LogP contribution in [-0.4, -0.2) is 0 Å². The molecule has 0 bridgehead atoms. The maximum atomic E-state index is 2.65. The molecular formula is C59H45N. The van der Waals surface area contributed by atoms with Crippen molar-refractivity contribution in [2.24, 2.45) is 5.41 Å². The Balaban J connectivity index is 0.932. The maximum Gasteiger partial charge on any atom is 0.0462 e. The van der Waals surface area contributed by atoms with E-state index in [1.54, 1.807) is 0 Å². The summed E-state index contributed by atoms with van der Waals surface area (Å²) in [6, 6.07) is 74.5. The van der Waals surface area contributed by atoms with Gasteiger partial charge in [0.1, 0.15) is 0 Å². The Kier molecular flexibility index (Phi) is 7.75. The van der Waals surface area contributed by atoms with Gasteiger partial charge in [0.05, 0.1) is 0 Å². The SMILES string of the molecule is CC1(C)C2=C(c3ccc(-c4ccc(N(c5ccccc5)c5ccc(-c6ccccc6)cc5)cc4)cc31)C1c3ccccc3C3c4ccccc4-c4ccccc4CC13C=C2. The van der Waals surface area contributed by atoms with Crippen LogP contribution in [0, 0.1) is 5.41 Å². The van der Waals surface area contributed by atoms with Crippen LogP contribution in [-0.2, 0) is 11.8 Å². The molecule has 0 heterocycles. The van der Waals surface area contributed by atoms with E-state index in [-0.39, 0.29) is 22.7 Å². The van der Waals surface area contributed by atoms with Crippen LogP contribution in [0.1, 0.15) is 59.1 Å². The average Bonchev–Trinajstić information content (AvgIpc) is 3.67. The van der Waals surface area contributed by atoms with Gasteiger partial charge in [0.25, 0.3) is 0 Å². The first kappa shape index (κ1) is 35.0. The van der Waals surface area contributed by atoms with Crippen LogP contribution in [0.5, 0.6) is 0 Å². The molecule has 4 aliphatic carbocycles.